The van der Waals surface area contributed by atoms with E-state index in [1.165, 1.54) is 0 Å². The Hall–Kier alpha value is -1.02. The highest BCUT2D eigenvalue weighted by Crippen LogP contribution is 2.36. The number of hydrogen-bond acceptors (Lipinski definition) is 2. The third kappa shape index (κ3) is 2.56. The zero-order valence-electron chi connectivity index (χ0n) is 11.0. The van der Waals surface area contributed by atoms with Crippen LogP contribution in [0.25, 0.3) is 0 Å². The van der Waals surface area contributed by atoms with Crippen molar-refractivity contribution in [2.75, 3.05) is 0 Å². The summed E-state index contributed by atoms with van der Waals surface area (Å²) in [4.78, 5) is 0. The van der Waals surface area contributed by atoms with Crippen LogP contribution in [0.1, 0.15) is 56.8 Å². The summed E-state index contributed by atoms with van der Waals surface area (Å²) in [6, 6.07) is 3.95. The van der Waals surface area contributed by atoms with Gasteiger partial charge in [0.15, 0.2) is 0 Å². The maximum absolute atomic E-state index is 10.3. The summed E-state index contributed by atoms with van der Waals surface area (Å²) in [6.45, 7) is 10.4. The molecule has 1 rings (SSSR count). The van der Waals surface area contributed by atoms with Crippen LogP contribution in [0.5, 0.6) is 5.75 Å². The van der Waals surface area contributed by atoms with E-state index >= 15 is 0 Å². The normalized spacial score (nSPS) is 13.9. The predicted octanol–water partition coefficient (Wildman–Crippen LogP) is 3.41. The van der Waals surface area contributed by atoms with Crippen LogP contribution in [0.15, 0.2) is 12.1 Å². The number of hydrogen-bond donors (Lipinski definition) is 2. The standard InChI is InChI=1S/C14H23NO/c1-6-12(15)10-7-9(2)8-11(13(10)16)14(3,4)5/h7-8,12,16H,6,15H2,1-5H3. The molecular weight excluding hydrogens is 198 g/mol. The smallest absolute Gasteiger partial charge is 0.124 e. The Bertz CT molecular complexity index is 377. The van der Waals surface area contributed by atoms with Crippen LogP contribution < -0.4 is 5.73 Å². The van der Waals surface area contributed by atoms with E-state index in [2.05, 4.69) is 20.8 Å². The summed E-state index contributed by atoms with van der Waals surface area (Å²) in [5.74, 6) is 0.368. The Labute approximate surface area is 98.5 Å². The van der Waals surface area contributed by atoms with Crippen molar-refractivity contribution in [1.82, 2.24) is 0 Å². The lowest BCUT2D eigenvalue weighted by Crippen LogP contribution is -2.15. The predicted molar refractivity (Wildman–Crippen MR) is 68.8 cm³/mol. The van der Waals surface area contributed by atoms with Crippen molar-refractivity contribution in [2.24, 2.45) is 5.73 Å². The van der Waals surface area contributed by atoms with Crippen molar-refractivity contribution in [3.8, 4) is 5.75 Å². The van der Waals surface area contributed by atoms with Crippen LogP contribution >= 0.6 is 0 Å². The Morgan fingerprint density at radius 1 is 1.31 bits per heavy atom. The van der Waals surface area contributed by atoms with Crippen molar-refractivity contribution in [1.29, 1.82) is 0 Å². The molecule has 0 aliphatic heterocycles. The van der Waals surface area contributed by atoms with Gasteiger partial charge in [-0.05, 0) is 24.3 Å². The molecule has 0 fully saturated rings. The summed E-state index contributed by atoms with van der Waals surface area (Å²) < 4.78 is 0. The largest absolute Gasteiger partial charge is 0.507 e. The minimum absolute atomic E-state index is 0.0572. The number of benzene rings is 1. The highest BCUT2D eigenvalue weighted by Gasteiger charge is 2.22. The zero-order valence-corrected chi connectivity index (χ0v) is 11.0. The van der Waals surface area contributed by atoms with Crippen LogP contribution in [0, 0.1) is 6.92 Å². The molecule has 0 saturated heterocycles. The zero-order chi connectivity index (χ0) is 12.5. The lowest BCUT2D eigenvalue weighted by atomic mass is 9.83. The van der Waals surface area contributed by atoms with Gasteiger partial charge in [-0.15, -0.1) is 0 Å². The Morgan fingerprint density at radius 3 is 2.31 bits per heavy atom. The minimum atomic E-state index is -0.0824. The molecule has 0 aliphatic carbocycles. The Kier molecular flexibility index (Phi) is 3.64. The second-order valence-electron chi connectivity index (χ2n) is 5.52. The lowest BCUT2D eigenvalue weighted by Gasteiger charge is -2.24. The summed E-state index contributed by atoms with van der Waals surface area (Å²) in [5.41, 5.74) is 8.96. The average Bonchev–Trinajstić information content (AvgIpc) is 2.18. The van der Waals surface area contributed by atoms with Gasteiger partial charge in [0.2, 0.25) is 0 Å². The second-order valence-corrected chi connectivity index (χ2v) is 5.52. The number of nitrogens with two attached hydrogens (primary N) is 1. The topological polar surface area (TPSA) is 46.2 Å². The SMILES string of the molecule is CCC(N)c1cc(C)cc(C(C)(C)C)c1O. The molecule has 0 radical (unpaired) electrons. The highest BCUT2D eigenvalue weighted by molar-refractivity contribution is 5.48. The van der Waals surface area contributed by atoms with E-state index in [0.717, 1.165) is 23.1 Å². The van der Waals surface area contributed by atoms with Gasteiger partial charge < -0.3 is 10.8 Å². The first kappa shape index (κ1) is 13.0. The van der Waals surface area contributed by atoms with Crippen LogP contribution in [0.4, 0.5) is 0 Å². The van der Waals surface area contributed by atoms with Gasteiger partial charge in [-0.25, -0.2) is 0 Å². The first-order valence-corrected chi connectivity index (χ1v) is 5.87. The van der Waals surface area contributed by atoms with Crippen molar-refractivity contribution in [3.05, 3.63) is 28.8 Å². The Balaban J connectivity index is 3.38. The summed E-state index contributed by atoms with van der Waals surface area (Å²) >= 11 is 0. The van der Waals surface area contributed by atoms with Gasteiger partial charge in [0.05, 0.1) is 0 Å². The molecule has 1 aromatic rings. The van der Waals surface area contributed by atoms with E-state index in [9.17, 15) is 5.11 Å². The number of aryl methyl sites for hydroxylation is 1. The molecule has 0 aromatic heterocycles. The van der Waals surface area contributed by atoms with E-state index in [0.29, 0.717) is 5.75 Å². The molecule has 2 nitrogen and oxygen atoms in total. The minimum Gasteiger partial charge on any atom is -0.507 e. The van der Waals surface area contributed by atoms with Gasteiger partial charge in [0.1, 0.15) is 5.75 Å². The van der Waals surface area contributed by atoms with Gasteiger partial charge in [0.25, 0.3) is 0 Å². The van der Waals surface area contributed by atoms with Gasteiger partial charge >= 0.3 is 0 Å². The van der Waals surface area contributed by atoms with Gasteiger partial charge in [0, 0.05) is 11.6 Å². The lowest BCUT2D eigenvalue weighted by molar-refractivity contribution is 0.433. The van der Waals surface area contributed by atoms with Crippen molar-refractivity contribution >= 4 is 0 Å². The summed E-state index contributed by atoms with van der Waals surface area (Å²) in [7, 11) is 0. The van der Waals surface area contributed by atoms with Crippen molar-refractivity contribution in [2.45, 2.75) is 52.5 Å². The number of rotatable bonds is 2. The van der Waals surface area contributed by atoms with Crippen LogP contribution in [0.3, 0.4) is 0 Å². The fourth-order valence-corrected chi connectivity index (χ4v) is 1.88. The fraction of sp³-hybridized carbons (Fsp3) is 0.571. The molecule has 2 heteroatoms. The van der Waals surface area contributed by atoms with Crippen molar-refractivity contribution in [3.63, 3.8) is 0 Å². The maximum atomic E-state index is 10.3. The Morgan fingerprint density at radius 2 is 1.88 bits per heavy atom. The van der Waals surface area contributed by atoms with Gasteiger partial charge in [-0.1, -0.05) is 45.4 Å². The number of phenols is 1. The maximum Gasteiger partial charge on any atom is 0.124 e. The molecule has 0 aliphatic rings. The molecule has 90 valence electrons. The van der Waals surface area contributed by atoms with Crippen LogP contribution in [-0.4, -0.2) is 5.11 Å². The van der Waals surface area contributed by atoms with Crippen LogP contribution in [-0.2, 0) is 5.41 Å². The molecule has 0 bridgehead atoms. The number of phenolic OH excluding ortho intramolecular Hbond substituents is 1. The third-order valence-corrected chi connectivity index (χ3v) is 2.93. The molecule has 1 atom stereocenters. The van der Waals surface area contributed by atoms with E-state index in [-0.39, 0.29) is 11.5 Å². The van der Waals surface area contributed by atoms with E-state index in [4.69, 9.17) is 5.73 Å². The molecular formula is C14H23NO. The van der Waals surface area contributed by atoms with E-state index in [1.54, 1.807) is 0 Å². The molecule has 16 heavy (non-hydrogen) atoms. The monoisotopic (exact) mass is 221 g/mol. The molecule has 0 spiro atoms. The fourth-order valence-electron chi connectivity index (χ4n) is 1.88. The molecule has 1 aromatic carbocycles. The first-order valence-electron chi connectivity index (χ1n) is 5.87. The molecule has 0 amide bonds. The highest BCUT2D eigenvalue weighted by atomic mass is 16.3. The second kappa shape index (κ2) is 4.46. The van der Waals surface area contributed by atoms with Gasteiger partial charge in [-0.2, -0.15) is 0 Å². The summed E-state index contributed by atoms with van der Waals surface area (Å²) in [6.07, 6.45) is 0.834. The molecule has 1 unspecified atom stereocenters. The third-order valence-electron chi connectivity index (χ3n) is 2.93. The van der Waals surface area contributed by atoms with E-state index < -0.39 is 0 Å². The average molecular weight is 221 g/mol. The first-order chi connectivity index (χ1) is 7.27. The quantitative estimate of drug-likeness (QED) is 0.804. The van der Waals surface area contributed by atoms with Gasteiger partial charge in [-0.3, -0.25) is 0 Å². The summed E-state index contributed by atoms with van der Waals surface area (Å²) in [5, 5.41) is 10.3. The van der Waals surface area contributed by atoms with E-state index in [1.807, 2.05) is 26.0 Å². The van der Waals surface area contributed by atoms with Crippen molar-refractivity contribution < 1.29 is 5.11 Å². The van der Waals surface area contributed by atoms with Crippen LogP contribution in [0.2, 0.25) is 0 Å². The molecule has 0 heterocycles. The molecule has 3 N–H and O–H groups in total. The number of aromatic hydroxyl groups is 1. The molecule has 0 saturated carbocycles.